The minimum atomic E-state index is -2.89. The van der Waals surface area contributed by atoms with Crippen LogP contribution in [0.5, 0.6) is 0 Å². The second-order valence-electron chi connectivity index (χ2n) is 3.30. The topological polar surface area (TPSA) is 73.0 Å². The molecule has 1 aromatic rings. The zero-order valence-corrected chi connectivity index (χ0v) is 10.4. The van der Waals surface area contributed by atoms with E-state index in [-0.39, 0.29) is 5.75 Å². The third-order valence-electron chi connectivity index (χ3n) is 1.81. The molecule has 0 spiro atoms. The number of anilines is 1. The predicted molar refractivity (Wildman–Crippen MR) is 63.8 cm³/mol. The van der Waals surface area contributed by atoms with Crippen LogP contribution in [0.1, 0.15) is 5.69 Å². The quantitative estimate of drug-likeness (QED) is 0.806. The normalized spacial score (nSPS) is 11.6. The first-order valence-corrected chi connectivity index (χ1v) is 7.47. The van der Waals surface area contributed by atoms with Crippen molar-refractivity contribution in [1.82, 2.24) is 4.98 Å². The molecule has 0 fully saturated rings. The monoisotopic (exact) mass is 246 g/mol. The molecule has 84 valence electrons. The van der Waals surface area contributed by atoms with Gasteiger partial charge in [-0.05, 0) is 19.1 Å². The van der Waals surface area contributed by atoms with E-state index in [1.165, 1.54) is 18.0 Å². The zero-order valence-electron chi connectivity index (χ0n) is 8.73. The maximum Gasteiger partial charge on any atom is 0.148 e. The van der Waals surface area contributed by atoms with Gasteiger partial charge >= 0.3 is 0 Å². The van der Waals surface area contributed by atoms with Crippen LogP contribution in [0.25, 0.3) is 0 Å². The van der Waals surface area contributed by atoms with Gasteiger partial charge in [-0.3, -0.25) is 0 Å². The molecule has 0 unspecified atom stereocenters. The Labute approximate surface area is 94.2 Å². The molecule has 0 aromatic carbocycles. The number of nitrogens with zero attached hydrogens (tertiary/aromatic N) is 1. The summed E-state index contributed by atoms with van der Waals surface area (Å²) in [5, 5.41) is 0.811. The molecule has 0 aliphatic rings. The lowest BCUT2D eigenvalue weighted by molar-refractivity contribution is 0.603. The summed E-state index contributed by atoms with van der Waals surface area (Å²) >= 11 is 1.42. The van der Waals surface area contributed by atoms with Gasteiger partial charge in [0.1, 0.15) is 9.84 Å². The molecular weight excluding hydrogens is 232 g/mol. The zero-order chi connectivity index (χ0) is 11.5. The number of rotatable bonds is 4. The number of sulfone groups is 1. The van der Waals surface area contributed by atoms with E-state index in [0.29, 0.717) is 11.4 Å². The van der Waals surface area contributed by atoms with E-state index in [4.69, 9.17) is 5.73 Å². The number of hydrogen-bond acceptors (Lipinski definition) is 5. The first-order valence-electron chi connectivity index (χ1n) is 4.42. The third kappa shape index (κ3) is 4.53. The summed E-state index contributed by atoms with van der Waals surface area (Å²) in [4.78, 5) is 4.24. The Morgan fingerprint density at radius 1 is 1.47 bits per heavy atom. The molecule has 6 heteroatoms. The Morgan fingerprint density at radius 2 is 2.13 bits per heavy atom. The molecule has 0 radical (unpaired) electrons. The van der Waals surface area contributed by atoms with E-state index in [9.17, 15) is 8.42 Å². The standard InChI is InChI=1S/C9H14N2O2S2/c1-7-8(10)3-4-9(11-7)14-5-6-15(2,12)13/h3-4H,5-6,10H2,1-2H3. The van der Waals surface area contributed by atoms with Crippen molar-refractivity contribution in [2.75, 3.05) is 23.5 Å². The molecule has 1 heterocycles. The highest BCUT2D eigenvalue weighted by Gasteiger charge is 2.04. The van der Waals surface area contributed by atoms with Crippen LogP contribution in [0.15, 0.2) is 17.2 Å². The number of aromatic nitrogens is 1. The first-order chi connectivity index (χ1) is 6.88. The number of pyridine rings is 1. The van der Waals surface area contributed by atoms with Crippen molar-refractivity contribution in [2.24, 2.45) is 0 Å². The van der Waals surface area contributed by atoms with E-state index >= 15 is 0 Å². The summed E-state index contributed by atoms with van der Waals surface area (Å²) in [6.45, 7) is 1.83. The van der Waals surface area contributed by atoms with Crippen LogP contribution in [-0.2, 0) is 9.84 Å². The van der Waals surface area contributed by atoms with Crippen LogP contribution in [0.2, 0.25) is 0 Å². The van der Waals surface area contributed by atoms with Crippen molar-refractivity contribution >= 4 is 27.3 Å². The number of aryl methyl sites for hydroxylation is 1. The van der Waals surface area contributed by atoms with Crippen LogP contribution in [-0.4, -0.2) is 31.2 Å². The van der Waals surface area contributed by atoms with Crippen LogP contribution in [0.3, 0.4) is 0 Å². The summed E-state index contributed by atoms with van der Waals surface area (Å²) in [5.41, 5.74) is 7.05. The fraction of sp³-hybridized carbons (Fsp3) is 0.444. The molecule has 0 aliphatic carbocycles. The fourth-order valence-electron chi connectivity index (χ4n) is 0.927. The molecule has 15 heavy (non-hydrogen) atoms. The second kappa shape index (κ2) is 4.85. The molecule has 0 amide bonds. The summed E-state index contributed by atoms with van der Waals surface area (Å²) in [7, 11) is -2.89. The van der Waals surface area contributed by atoms with Gasteiger partial charge in [0.2, 0.25) is 0 Å². The summed E-state index contributed by atoms with van der Waals surface area (Å²) in [5.74, 6) is 0.692. The van der Waals surface area contributed by atoms with Crippen molar-refractivity contribution in [3.8, 4) is 0 Å². The highest BCUT2D eigenvalue weighted by Crippen LogP contribution is 2.18. The molecule has 0 bridgehead atoms. The van der Waals surface area contributed by atoms with Gasteiger partial charge in [0.15, 0.2) is 0 Å². The Balaban J connectivity index is 2.55. The summed E-state index contributed by atoms with van der Waals surface area (Å²) < 4.78 is 21.8. The molecular formula is C9H14N2O2S2. The number of nitrogen functional groups attached to an aromatic ring is 1. The van der Waals surface area contributed by atoms with Crippen molar-refractivity contribution in [1.29, 1.82) is 0 Å². The van der Waals surface area contributed by atoms with Gasteiger partial charge in [0.05, 0.1) is 22.2 Å². The van der Waals surface area contributed by atoms with Gasteiger partial charge in [-0.2, -0.15) is 0 Å². The minimum absolute atomic E-state index is 0.169. The van der Waals surface area contributed by atoms with Crippen LogP contribution >= 0.6 is 11.8 Å². The maximum atomic E-state index is 10.9. The fourth-order valence-corrected chi connectivity index (χ4v) is 3.05. The van der Waals surface area contributed by atoms with Gasteiger partial charge < -0.3 is 5.73 Å². The lowest BCUT2D eigenvalue weighted by atomic mass is 10.3. The molecule has 2 N–H and O–H groups in total. The van der Waals surface area contributed by atoms with Gasteiger partial charge in [-0.1, -0.05) is 0 Å². The van der Waals surface area contributed by atoms with Gasteiger partial charge in [0, 0.05) is 12.0 Å². The minimum Gasteiger partial charge on any atom is -0.397 e. The van der Waals surface area contributed by atoms with Gasteiger partial charge in [0.25, 0.3) is 0 Å². The average molecular weight is 246 g/mol. The summed E-state index contributed by atoms with van der Waals surface area (Å²) in [6.07, 6.45) is 1.23. The predicted octanol–water partition coefficient (Wildman–Crippen LogP) is 1.11. The highest BCUT2D eigenvalue weighted by atomic mass is 32.2. The van der Waals surface area contributed by atoms with Gasteiger partial charge in [-0.25, -0.2) is 13.4 Å². The van der Waals surface area contributed by atoms with Crippen LogP contribution in [0.4, 0.5) is 5.69 Å². The molecule has 0 atom stereocenters. The van der Waals surface area contributed by atoms with Crippen LogP contribution in [0, 0.1) is 6.92 Å². The van der Waals surface area contributed by atoms with Crippen molar-refractivity contribution in [2.45, 2.75) is 11.9 Å². The largest absolute Gasteiger partial charge is 0.397 e. The first kappa shape index (κ1) is 12.3. The maximum absolute atomic E-state index is 10.9. The smallest absolute Gasteiger partial charge is 0.148 e. The number of thioether (sulfide) groups is 1. The van der Waals surface area contributed by atoms with E-state index in [1.54, 1.807) is 12.1 Å². The Bertz CT molecular complexity index is 443. The lowest BCUT2D eigenvalue weighted by Crippen LogP contribution is -2.05. The van der Waals surface area contributed by atoms with E-state index in [0.717, 1.165) is 10.7 Å². The van der Waals surface area contributed by atoms with Gasteiger partial charge in [-0.15, -0.1) is 11.8 Å². The van der Waals surface area contributed by atoms with E-state index in [1.807, 2.05) is 6.92 Å². The SMILES string of the molecule is Cc1nc(SCCS(C)(=O)=O)ccc1N. The molecule has 1 rings (SSSR count). The third-order valence-corrected chi connectivity index (χ3v) is 3.94. The Kier molecular flexibility index (Phi) is 3.98. The molecule has 0 saturated carbocycles. The molecule has 0 aliphatic heterocycles. The molecule has 0 saturated heterocycles. The second-order valence-corrected chi connectivity index (χ2v) is 6.68. The average Bonchev–Trinajstić information content (AvgIpc) is 2.09. The van der Waals surface area contributed by atoms with E-state index < -0.39 is 9.84 Å². The summed E-state index contributed by atoms with van der Waals surface area (Å²) in [6, 6.07) is 3.58. The number of nitrogens with two attached hydrogens (primary N) is 1. The molecule has 4 nitrogen and oxygen atoms in total. The van der Waals surface area contributed by atoms with Crippen LogP contribution < -0.4 is 5.73 Å². The van der Waals surface area contributed by atoms with Crippen molar-refractivity contribution < 1.29 is 8.42 Å². The Morgan fingerprint density at radius 3 is 2.67 bits per heavy atom. The van der Waals surface area contributed by atoms with Crippen molar-refractivity contribution in [3.05, 3.63) is 17.8 Å². The van der Waals surface area contributed by atoms with Crippen molar-refractivity contribution in [3.63, 3.8) is 0 Å². The number of hydrogen-bond donors (Lipinski definition) is 1. The lowest BCUT2D eigenvalue weighted by Gasteiger charge is -2.03. The Hall–Kier alpha value is -0.750. The molecule has 1 aromatic heterocycles. The highest BCUT2D eigenvalue weighted by molar-refractivity contribution is 8.00. The van der Waals surface area contributed by atoms with E-state index in [2.05, 4.69) is 4.98 Å².